The van der Waals surface area contributed by atoms with Crippen LogP contribution in [0.1, 0.15) is 38.2 Å². The first kappa shape index (κ1) is 14.3. The van der Waals surface area contributed by atoms with E-state index >= 15 is 0 Å². The maximum Gasteiger partial charge on any atom is 0.136 e. The van der Waals surface area contributed by atoms with E-state index in [1.807, 2.05) is 24.3 Å². The average Bonchev–Trinajstić information content (AvgIpc) is 2.52. The van der Waals surface area contributed by atoms with Gasteiger partial charge in [-0.25, -0.2) is 0 Å². The van der Waals surface area contributed by atoms with E-state index in [4.69, 9.17) is 16.6 Å². The zero-order valence-corrected chi connectivity index (χ0v) is 13.2. The molecule has 0 bridgehead atoms. The van der Waals surface area contributed by atoms with E-state index in [9.17, 15) is 0 Å². The molecule has 0 aliphatic carbocycles. The molecule has 0 aliphatic heterocycles. The fraction of sp³-hybridized carbons (Fsp3) is 0.316. The quantitative estimate of drug-likeness (QED) is 0.305. The highest BCUT2D eigenvalue weighted by Gasteiger charge is 2.05. The summed E-state index contributed by atoms with van der Waals surface area (Å²) in [5.41, 5.74) is 3.11. The van der Waals surface area contributed by atoms with Gasteiger partial charge < -0.3 is 4.42 Å². The summed E-state index contributed by atoms with van der Waals surface area (Å²) in [5.74, 6) is 0. The first-order valence-electron chi connectivity index (χ1n) is 7.74. The van der Waals surface area contributed by atoms with Crippen LogP contribution >= 0.6 is 12.2 Å². The van der Waals surface area contributed by atoms with Gasteiger partial charge in [0.2, 0.25) is 0 Å². The lowest BCUT2D eigenvalue weighted by Crippen LogP contribution is -1.87. The number of para-hydroxylation sites is 1. The zero-order chi connectivity index (χ0) is 14.7. The van der Waals surface area contributed by atoms with E-state index in [0.29, 0.717) is 0 Å². The molecule has 0 saturated heterocycles. The Hall–Kier alpha value is -1.67. The van der Waals surface area contributed by atoms with Crippen LogP contribution in [0.3, 0.4) is 0 Å². The van der Waals surface area contributed by atoms with Crippen LogP contribution in [0.2, 0.25) is 0 Å². The maximum absolute atomic E-state index is 5.96. The third kappa shape index (κ3) is 3.01. The Balaban J connectivity index is 1.99. The molecule has 2 heteroatoms. The van der Waals surface area contributed by atoms with E-state index < -0.39 is 0 Å². The van der Waals surface area contributed by atoms with Gasteiger partial charge in [0.1, 0.15) is 11.2 Å². The molecule has 0 saturated carbocycles. The smallest absolute Gasteiger partial charge is 0.136 e. The Morgan fingerprint density at radius 3 is 2.57 bits per heavy atom. The summed E-state index contributed by atoms with van der Waals surface area (Å²) < 4.78 is 6.86. The topological polar surface area (TPSA) is 13.1 Å². The van der Waals surface area contributed by atoms with E-state index in [-0.39, 0.29) is 0 Å². The summed E-state index contributed by atoms with van der Waals surface area (Å²) in [6, 6.07) is 14.4. The van der Waals surface area contributed by atoms with E-state index in [2.05, 4.69) is 25.1 Å². The first-order chi connectivity index (χ1) is 10.3. The molecule has 3 aromatic rings. The van der Waals surface area contributed by atoms with Crippen molar-refractivity contribution in [3.05, 3.63) is 52.5 Å². The Morgan fingerprint density at radius 2 is 1.71 bits per heavy atom. The Kier molecular flexibility index (Phi) is 4.35. The summed E-state index contributed by atoms with van der Waals surface area (Å²) in [6.07, 6.45) is 6.27. The van der Waals surface area contributed by atoms with Gasteiger partial charge in [0.25, 0.3) is 0 Å². The van der Waals surface area contributed by atoms with Gasteiger partial charge in [-0.3, -0.25) is 0 Å². The molecule has 2 aromatic carbocycles. The maximum atomic E-state index is 5.96. The van der Waals surface area contributed by atoms with Crippen molar-refractivity contribution in [1.82, 2.24) is 0 Å². The van der Waals surface area contributed by atoms with Crippen LogP contribution in [0, 0.1) is 4.51 Å². The molecule has 0 amide bonds. The van der Waals surface area contributed by atoms with Crippen LogP contribution in [-0.2, 0) is 6.42 Å². The molecule has 21 heavy (non-hydrogen) atoms. The highest BCUT2D eigenvalue weighted by atomic mass is 32.1. The van der Waals surface area contributed by atoms with Gasteiger partial charge in [-0.15, -0.1) is 0 Å². The fourth-order valence-corrected chi connectivity index (χ4v) is 3.09. The number of fused-ring (bicyclic) bond motifs is 2. The lowest BCUT2D eigenvalue weighted by Gasteiger charge is -2.06. The number of aryl methyl sites for hydroxylation is 1. The van der Waals surface area contributed by atoms with Crippen LogP contribution in [0.15, 0.2) is 46.9 Å². The van der Waals surface area contributed by atoms with Gasteiger partial charge in [-0.2, -0.15) is 0 Å². The van der Waals surface area contributed by atoms with Gasteiger partial charge in [0.15, 0.2) is 0 Å². The monoisotopic (exact) mass is 296 g/mol. The normalized spacial score (nSPS) is 11.3. The molecule has 3 rings (SSSR count). The summed E-state index contributed by atoms with van der Waals surface area (Å²) in [4.78, 5) is 0. The number of unbranched alkanes of at least 4 members (excludes halogenated alkanes) is 3. The van der Waals surface area contributed by atoms with Crippen molar-refractivity contribution in [1.29, 1.82) is 0 Å². The molecule has 0 aliphatic rings. The van der Waals surface area contributed by atoms with Gasteiger partial charge in [0.05, 0.1) is 4.51 Å². The predicted octanol–water partition coefficient (Wildman–Crippen LogP) is 6.44. The molecular formula is C19H20OS. The average molecular weight is 296 g/mol. The molecule has 0 radical (unpaired) electrons. The lowest BCUT2D eigenvalue weighted by atomic mass is 10.0. The van der Waals surface area contributed by atoms with Crippen molar-refractivity contribution in [3.8, 4) is 0 Å². The summed E-state index contributed by atoms with van der Waals surface area (Å²) in [7, 11) is 0. The van der Waals surface area contributed by atoms with Crippen molar-refractivity contribution in [3.63, 3.8) is 0 Å². The minimum Gasteiger partial charge on any atom is -0.456 e. The van der Waals surface area contributed by atoms with Crippen LogP contribution < -0.4 is 0 Å². The third-order valence-corrected chi connectivity index (χ3v) is 4.40. The minimum atomic E-state index is 0.866. The van der Waals surface area contributed by atoms with Crippen molar-refractivity contribution < 1.29 is 4.42 Å². The standard InChI is InChI=1S/C19H20OS/c1-2-3-4-5-8-14-11-12-18-16(13-14)19(21)15-9-6-7-10-17(15)20-18/h6-7,9-13H,2-5,8H2,1H3. The molecule has 1 nitrogen and oxygen atoms in total. The summed E-state index contributed by atoms with van der Waals surface area (Å²) >= 11 is 5.65. The van der Waals surface area contributed by atoms with Gasteiger partial charge in [-0.1, -0.05) is 56.6 Å². The SMILES string of the molecule is CCCCCCc1ccc2oc3ccccc3c(=S)c2c1. The predicted molar refractivity (Wildman–Crippen MR) is 92.4 cm³/mol. The second-order valence-corrected chi connectivity index (χ2v) is 5.98. The number of hydrogen-bond donors (Lipinski definition) is 0. The first-order valence-corrected chi connectivity index (χ1v) is 8.15. The lowest BCUT2D eigenvalue weighted by molar-refractivity contribution is 0.657. The van der Waals surface area contributed by atoms with Crippen LogP contribution in [0.4, 0.5) is 0 Å². The van der Waals surface area contributed by atoms with Crippen molar-refractivity contribution in [2.45, 2.75) is 39.0 Å². The summed E-state index contributed by atoms with van der Waals surface area (Å²) in [5, 5.41) is 2.10. The van der Waals surface area contributed by atoms with Gasteiger partial charge in [-0.05, 0) is 42.7 Å². The van der Waals surface area contributed by atoms with E-state index in [0.717, 1.165) is 32.9 Å². The van der Waals surface area contributed by atoms with Crippen LogP contribution in [0.5, 0.6) is 0 Å². The van der Waals surface area contributed by atoms with Crippen molar-refractivity contribution >= 4 is 34.2 Å². The Labute approximate surface area is 130 Å². The molecule has 0 N–H and O–H groups in total. The van der Waals surface area contributed by atoms with E-state index in [1.165, 1.54) is 31.2 Å². The molecule has 108 valence electrons. The fourth-order valence-electron chi connectivity index (χ4n) is 2.76. The highest BCUT2D eigenvalue weighted by Crippen LogP contribution is 2.26. The van der Waals surface area contributed by atoms with Crippen LogP contribution in [0.25, 0.3) is 21.9 Å². The minimum absolute atomic E-state index is 0.866. The van der Waals surface area contributed by atoms with Gasteiger partial charge >= 0.3 is 0 Å². The molecular weight excluding hydrogens is 276 g/mol. The van der Waals surface area contributed by atoms with Crippen LogP contribution in [-0.4, -0.2) is 0 Å². The molecule has 0 atom stereocenters. The molecule has 1 aromatic heterocycles. The largest absolute Gasteiger partial charge is 0.456 e. The zero-order valence-electron chi connectivity index (χ0n) is 12.4. The number of hydrogen-bond acceptors (Lipinski definition) is 2. The number of rotatable bonds is 5. The van der Waals surface area contributed by atoms with Crippen molar-refractivity contribution in [2.75, 3.05) is 0 Å². The second kappa shape index (κ2) is 6.40. The molecule has 0 fully saturated rings. The highest BCUT2D eigenvalue weighted by molar-refractivity contribution is 7.72. The molecule has 1 heterocycles. The Morgan fingerprint density at radius 1 is 0.905 bits per heavy atom. The molecule has 0 unspecified atom stereocenters. The Bertz CT molecular complexity index is 817. The van der Waals surface area contributed by atoms with E-state index in [1.54, 1.807) is 0 Å². The number of benzene rings is 2. The molecule has 0 spiro atoms. The van der Waals surface area contributed by atoms with Gasteiger partial charge in [0, 0.05) is 10.8 Å². The third-order valence-electron chi connectivity index (χ3n) is 3.96. The van der Waals surface area contributed by atoms with Crippen molar-refractivity contribution in [2.24, 2.45) is 0 Å². The second-order valence-electron chi connectivity index (χ2n) is 5.57. The summed E-state index contributed by atoms with van der Waals surface area (Å²) in [6.45, 7) is 2.24.